The molecule has 0 radical (unpaired) electrons. The van der Waals surface area contributed by atoms with Crippen LogP contribution in [0, 0.1) is 6.92 Å². The summed E-state index contributed by atoms with van der Waals surface area (Å²) in [7, 11) is 0. The summed E-state index contributed by atoms with van der Waals surface area (Å²) in [5, 5.41) is 4.05. The van der Waals surface area contributed by atoms with Crippen molar-refractivity contribution in [3.05, 3.63) is 64.3 Å². The largest absolute Gasteiger partial charge is 0.358 e. The number of aromatic nitrogens is 1. The second kappa shape index (κ2) is 5.74. The van der Waals surface area contributed by atoms with Crippen LogP contribution in [0.5, 0.6) is 0 Å². The number of hydrogen-bond acceptors (Lipinski definition) is 1. The number of carbonyl (C=O) groups is 1. The van der Waals surface area contributed by atoms with Gasteiger partial charge >= 0.3 is 0 Å². The smallest absolute Gasteiger partial charge is 0.228 e. The molecule has 0 aliphatic heterocycles. The molecule has 0 saturated heterocycles. The highest BCUT2D eigenvalue weighted by molar-refractivity contribution is 9.10. The second-order valence-corrected chi connectivity index (χ2v) is 5.83. The molecule has 0 bridgehead atoms. The fraction of sp³-hybridized carbons (Fsp3) is 0.118. The molecule has 1 aromatic heterocycles. The predicted molar refractivity (Wildman–Crippen MR) is 89.5 cm³/mol. The van der Waals surface area contributed by atoms with E-state index in [4.69, 9.17) is 0 Å². The molecule has 0 aliphatic carbocycles. The van der Waals surface area contributed by atoms with E-state index in [-0.39, 0.29) is 5.91 Å². The number of aromatic amines is 1. The van der Waals surface area contributed by atoms with E-state index in [2.05, 4.69) is 26.2 Å². The summed E-state index contributed by atoms with van der Waals surface area (Å²) < 4.78 is 0.883. The van der Waals surface area contributed by atoms with Crippen LogP contribution in [0.25, 0.3) is 10.9 Å². The SMILES string of the molecule is Cc1[nH]c2ccccc2c1CC(=O)Nc1ccccc1Br. The van der Waals surface area contributed by atoms with Crippen molar-refractivity contribution in [1.29, 1.82) is 0 Å². The second-order valence-electron chi connectivity index (χ2n) is 4.98. The third-order valence-electron chi connectivity index (χ3n) is 3.51. The Labute approximate surface area is 131 Å². The molecule has 1 heterocycles. The van der Waals surface area contributed by atoms with Crippen molar-refractivity contribution in [2.75, 3.05) is 5.32 Å². The number of H-pyrrole nitrogens is 1. The van der Waals surface area contributed by atoms with Gasteiger partial charge in [-0.2, -0.15) is 0 Å². The fourth-order valence-electron chi connectivity index (χ4n) is 2.48. The summed E-state index contributed by atoms with van der Waals surface area (Å²) >= 11 is 3.44. The summed E-state index contributed by atoms with van der Waals surface area (Å²) in [6.07, 6.45) is 0.358. The molecule has 0 unspecified atom stereocenters. The maximum atomic E-state index is 12.3. The first-order valence-electron chi connectivity index (χ1n) is 6.75. The molecule has 2 N–H and O–H groups in total. The van der Waals surface area contributed by atoms with E-state index >= 15 is 0 Å². The number of benzene rings is 2. The number of amides is 1. The lowest BCUT2D eigenvalue weighted by molar-refractivity contribution is -0.115. The minimum absolute atomic E-state index is 0.0187. The van der Waals surface area contributed by atoms with Crippen LogP contribution in [-0.2, 0) is 11.2 Å². The molecule has 0 atom stereocenters. The van der Waals surface area contributed by atoms with E-state index in [0.29, 0.717) is 6.42 Å². The van der Waals surface area contributed by atoms with Gasteiger partial charge in [0.05, 0.1) is 12.1 Å². The third kappa shape index (κ3) is 2.85. The molecule has 3 aromatic rings. The number of carbonyl (C=O) groups excluding carboxylic acids is 1. The van der Waals surface area contributed by atoms with Gasteiger partial charge in [-0.25, -0.2) is 0 Å². The molecule has 0 spiro atoms. The maximum Gasteiger partial charge on any atom is 0.228 e. The first-order chi connectivity index (χ1) is 10.1. The first-order valence-corrected chi connectivity index (χ1v) is 7.55. The van der Waals surface area contributed by atoms with E-state index in [1.807, 2.05) is 55.5 Å². The number of nitrogens with one attached hydrogen (secondary N) is 2. The minimum atomic E-state index is -0.0187. The lowest BCUT2D eigenvalue weighted by atomic mass is 10.1. The van der Waals surface area contributed by atoms with Crippen molar-refractivity contribution in [2.45, 2.75) is 13.3 Å². The van der Waals surface area contributed by atoms with Crippen LogP contribution >= 0.6 is 15.9 Å². The van der Waals surface area contributed by atoms with Crippen molar-refractivity contribution in [3.8, 4) is 0 Å². The van der Waals surface area contributed by atoms with Crippen LogP contribution < -0.4 is 5.32 Å². The summed E-state index contributed by atoms with van der Waals surface area (Å²) in [6.45, 7) is 2.00. The molecule has 0 saturated carbocycles. The van der Waals surface area contributed by atoms with Crippen LogP contribution in [0.3, 0.4) is 0 Å². The Morgan fingerprint density at radius 1 is 1.14 bits per heavy atom. The molecular weight excluding hydrogens is 328 g/mol. The minimum Gasteiger partial charge on any atom is -0.358 e. The molecule has 0 fully saturated rings. The quantitative estimate of drug-likeness (QED) is 0.726. The van der Waals surface area contributed by atoms with Crippen LogP contribution in [0.2, 0.25) is 0 Å². The van der Waals surface area contributed by atoms with Gasteiger partial charge in [-0.1, -0.05) is 30.3 Å². The third-order valence-corrected chi connectivity index (χ3v) is 4.20. The van der Waals surface area contributed by atoms with Gasteiger partial charge < -0.3 is 10.3 Å². The number of anilines is 1. The molecule has 1 amide bonds. The Hall–Kier alpha value is -2.07. The number of rotatable bonds is 3. The monoisotopic (exact) mass is 342 g/mol. The highest BCUT2D eigenvalue weighted by Gasteiger charge is 2.13. The zero-order chi connectivity index (χ0) is 14.8. The van der Waals surface area contributed by atoms with Gasteiger partial charge in [0.2, 0.25) is 5.91 Å². The van der Waals surface area contributed by atoms with E-state index in [1.165, 1.54) is 0 Å². The molecule has 21 heavy (non-hydrogen) atoms. The molecule has 3 nitrogen and oxygen atoms in total. The zero-order valence-electron chi connectivity index (χ0n) is 11.6. The number of fused-ring (bicyclic) bond motifs is 1. The fourth-order valence-corrected chi connectivity index (χ4v) is 2.86. The Balaban J connectivity index is 1.84. The average molecular weight is 343 g/mol. The van der Waals surface area contributed by atoms with Gasteiger partial charge in [0, 0.05) is 21.1 Å². The lowest BCUT2D eigenvalue weighted by Gasteiger charge is -2.07. The van der Waals surface area contributed by atoms with E-state index < -0.39 is 0 Å². The standard InChI is InChI=1S/C17H15BrN2O/c1-11-13(12-6-2-4-8-15(12)19-11)10-17(21)20-16-9-5-3-7-14(16)18/h2-9,19H,10H2,1H3,(H,20,21). The van der Waals surface area contributed by atoms with Gasteiger partial charge in [-0.3, -0.25) is 4.79 Å². The molecule has 4 heteroatoms. The van der Waals surface area contributed by atoms with Gasteiger partial charge in [0.25, 0.3) is 0 Å². The predicted octanol–water partition coefficient (Wildman–Crippen LogP) is 4.42. The van der Waals surface area contributed by atoms with Crippen LogP contribution in [0.15, 0.2) is 53.0 Å². The molecule has 0 aliphatic rings. The van der Waals surface area contributed by atoms with Crippen LogP contribution in [-0.4, -0.2) is 10.9 Å². The molecule has 106 valence electrons. The summed E-state index contributed by atoms with van der Waals surface area (Å²) in [5.74, 6) is -0.0187. The average Bonchev–Trinajstić information content (AvgIpc) is 2.78. The number of para-hydroxylation sites is 2. The van der Waals surface area contributed by atoms with Crippen molar-refractivity contribution < 1.29 is 4.79 Å². The molecule has 3 rings (SSSR count). The summed E-state index contributed by atoms with van der Waals surface area (Å²) in [6, 6.07) is 15.7. The van der Waals surface area contributed by atoms with E-state index in [1.54, 1.807) is 0 Å². The maximum absolute atomic E-state index is 12.3. The summed E-state index contributed by atoms with van der Waals surface area (Å²) in [5.41, 5.74) is 3.95. The Bertz CT molecular complexity index is 807. The van der Waals surface area contributed by atoms with Crippen molar-refractivity contribution in [3.63, 3.8) is 0 Å². The van der Waals surface area contributed by atoms with Gasteiger partial charge in [-0.05, 0) is 46.6 Å². The Morgan fingerprint density at radius 3 is 2.67 bits per heavy atom. The number of halogens is 1. The number of aryl methyl sites for hydroxylation is 1. The van der Waals surface area contributed by atoms with Gasteiger partial charge in [0.15, 0.2) is 0 Å². The Morgan fingerprint density at radius 2 is 1.86 bits per heavy atom. The van der Waals surface area contributed by atoms with Crippen molar-refractivity contribution in [1.82, 2.24) is 4.98 Å². The highest BCUT2D eigenvalue weighted by atomic mass is 79.9. The van der Waals surface area contributed by atoms with Crippen molar-refractivity contribution in [2.24, 2.45) is 0 Å². The normalized spacial score (nSPS) is 10.8. The lowest BCUT2D eigenvalue weighted by Crippen LogP contribution is -2.15. The van der Waals surface area contributed by atoms with Gasteiger partial charge in [-0.15, -0.1) is 0 Å². The number of hydrogen-bond donors (Lipinski definition) is 2. The summed E-state index contributed by atoms with van der Waals surface area (Å²) in [4.78, 5) is 15.6. The first kappa shape index (κ1) is 13.9. The topological polar surface area (TPSA) is 44.9 Å². The zero-order valence-corrected chi connectivity index (χ0v) is 13.2. The van der Waals surface area contributed by atoms with E-state index in [9.17, 15) is 4.79 Å². The van der Waals surface area contributed by atoms with Crippen molar-refractivity contribution >= 4 is 38.4 Å². The van der Waals surface area contributed by atoms with Crippen LogP contribution in [0.1, 0.15) is 11.3 Å². The molecular formula is C17H15BrN2O. The Kier molecular flexibility index (Phi) is 3.80. The van der Waals surface area contributed by atoms with E-state index in [0.717, 1.165) is 32.3 Å². The van der Waals surface area contributed by atoms with Gasteiger partial charge in [0.1, 0.15) is 0 Å². The van der Waals surface area contributed by atoms with Crippen LogP contribution in [0.4, 0.5) is 5.69 Å². The molecule has 2 aromatic carbocycles. The highest BCUT2D eigenvalue weighted by Crippen LogP contribution is 2.24.